The van der Waals surface area contributed by atoms with Crippen LogP contribution in [-0.4, -0.2) is 22.0 Å². The highest BCUT2D eigenvalue weighted by molar-refractivity contribution is 9.10. The summed E-state index contributed by atoms with van der Waals surface area (Å²) in [7, 11) is 0. The van der Waals surface area contributed by atoms with Crippen molar-refractivity contribution in [3.8, 4) is 5.75 Å². The van der Waals surface area contributed by atoms with Crippen molar-refractivity contribution in [3.05, 3.63) is 52.8 Å². The first kappa shape index (κ1) is 14.5. The molecule has 0 saturated carbocycles. The average Bonchev–Trinajstić information content (AvgIpc) is 2.44. The van der Waals surface area contributed by atoms with Crippen LogP contribution in [0.5, 0.6) is 5.75 Å². The van der Waals surface area contributed by atoms with E-state index in [4.69, 9.17) is 5.73 Å². The Morgan fingerprint density at radius 1 is 1.35 bits per heavy atom. The smallest absolute Gasteiger partial charge is 0.241 e. The highest BCUT2D eigenvalue weighted by Gasteiger charge is 2.15. The van der Waals surface area contributed by atoms with Crippen molar-refractivity contribution >= 4 is 27.5 Å². The molecule has 0 bridgehead atoms. The lowest BCUT2D eigenvalue weighted by Crippen LogP contribution is -2.37. The molecule has 1 aromatic carbocycles. The van der Waals surface area contributed by atoms with Crippen molar-refractivity contribution in [2.75, 3.05) is 5.32 Å². The Morgan fingerprint density at radius 3 is 2.70 bits per heavy atom. The maximum absolute atomic E-state index is 12.0. The average molecular weight is 336 g/mol. The van der Waals surface area contributed by atoms with Crippen molar-refractivity contribution in [1.82, 2.24) is 4.98 Å². The second-order valence-electron chi connectivity index (χ2n) is 4.32. The quantitative estimate of drug-likeness (QED) is 0.797. The third kappa shape index (κ3) is 3.79. The Kier molecular flexibility index (Phi) is 4.70. The van der Waals surface area contributed by atoms with Gasteiger partial charge in [-0.25, -0.2) is 0 Å². The van der Waals surface area contributed by atoms with Gasteiger partial charge < -0.3 is 16.2 Å². The van der Waals surface area contributed by atoms with Gasteiger partial charge in [0.05, 0.1) is 16.2 Å². The fourth-order valence-corrected chi connectivity index (χ4v) is 2.03. The standard InChI is InChI=1S/C14H14BrN3O2/c15-11-8-17-6-5-13(11)18-14(20)12(16)7-9-1-3-10(19)4-2-9/h1-6,8,12,19H,7,16H2,(H,17,18,20)/t12-/m1/s1. The van der Waals surface area contributed by atoms with Gasteiger partial charge in [0.15, 0.2) is 0 Å². The number of benzene rings is 1. The zero-order chi connectivity index (χ0) is 14.5. The number of carbonyl (C=O) groups is 1. The van der Waals surface area contributed by atoms with Gasteiger partial charge in [0, 0.05) is 12.4 Å². The second kappa shape index (κ2) is 6.49. The van der Waals surface area contributed by atoms with Crippen molar-refractivity contribution in [3.63, 3.8) is 0 Å². The van der Waals surface area contributed by atoms with E-state index in [-0.39, 0.29) is 11.7 Å². The van der Waals surface area contributed by atoms with E-state index in [0.29, 0.717) is 16.6 Å². The van der Waals surface area contributed by atoms with Gasteiger partial charge in [-0.3, -0.25) is 9.78 Å². The zero-order valence-electron chi connectivity index (χ0n) is 10.6. The van der Waals surface area contributed by atoms with Gasteiger partial charge in [-0.05, 0) is 46.1 Å². The van der Waals surface area contributed by atoms with Crippen LogP contribution in [0.1, 0.15) is 5.56 Å². The number of halogens is 1. The maximum atomic E-state index is 12.0. The number of rotatable bonds is 4. The Hall–Kier alpha value is -1.92. The van der Waals surface area contributed by atoms with E-state index in [1.807, 2.05) is 0 Å². The summed E-state index contributed by atoms with van der Waals surface area (Å²) in [6.07, 6.45) is 3.59. The number of phenols is 1. The topological polar surface area (TPSA) is 88.2 Å². The normalized spacial score (nSPS) is 11.9. The van der Waals surface area contributed by atoms with Crippen molar-refractivity contribution in [2.45, 2.75) is 12.5 Å². The molecule has 0 saturated heterocycles. The van der Waals surface area contributed by atoms with Crippen molar-refractivity contribution in [2.24, 2.45) is 5.73 Å². The summed E-state index contributed by atoms with van der Waals surface area (Å²) >= 11 is 3.30. The molecule has 20 heavy (non-hydrogen) atoms. The summed E-state index contributed by atoms with van der Waals surface area (Å²) in [6.45, 7) is 0. The first-order valence-corrected chi connectivity index (χ1v) is 6.79. The predicted octanol–water partition coefficient (Wildman–Crippen LogP) is 2.06. The number of anilines is 1. The Labute approximate surface area is 125 Å². The van der Waals surface area contributed by atoms with Gasteiger partial charge in [0.25, 0.3) is 0 Å². The highest BCUT2D eigenvalue weighted by Crippen LogP contribution is 2.20. The molecule has 0 radical (unpaired) electrons. The van der Waals surface area contributed by atoms with Gasteiger partial charge in [-0.2, -0.15) is 0 Å². The molecule has 6 heteroatoms. The van der Waals surface area contributed by atoms with Gasteiger partial charge in [0.1, 0.15) is 5.75 Å². The van der Waals surface area contributed by atoms with E-state index in [1.54, 1.807) is 42.7 Å². The van der Waals surface area contributed by atoms with Crippen molar-refractivity contribution < 1.29 is 9.90 Å². The molecule has 2 rings (SSSR count). The highest BCUT2D eigenvalue weighted by atomic mass is 79.9. The van der Waals surface area contributed by atoms with Gasteiger partial charge in [0.2, 0.25) is 5.91 Å². The number of nitrogens with two attached hydrogens (primary N) is 1. The number of carbonyl (C=O) groups excluding carboxylic acids is 1. The van der Waals surface area contributed by atoms with Gasteiger partial charge >= 0.3 is 0 Å². The number of nitrogens with one attached hydrogen (secondary N) is 1. The summed E-state index contributed by atoms with van der Waals surface area (Å²) in [5, 5.41) is 11.9. The summed E-state index contributed by atoms with van der Waals surface area (Å²) < 4.78 is 0.699. The Morgan fingerprint density at radius 2 is 2.05 bits per heavy atom. The lowest BCUT2D eigenvalue weighted by atomic mass is 10.1. The molecule has 2 aromatic rings. The van der Waals surface area contributed by atoms with Crippen LogP contribution < -0.4 is 11.1 Å². The van der Waals surface area contributed by atoms with Crippen LogP contribution in [-0.2, 0) is 11.2 Å². The van der Waals surface area contributed by atoms with E-state index in [1.165, 1.54) is 0 Å². The number of phenolic OH excluding ortho intramolecular Hbond substituents is 1. The molecule has 0 aliphatic carbocycles. The fourth-order valence-electron chi connectivity index (χ4n) is 1.68. The number of hydrogen-bond donors (Lipinski definition) is 3. The molecule has 1 atom stereocenters. The fraction of sp³-hybridized carbons (Fsp3) is 0.143. The molecule has 0 unspecified atom stereocenters. The lowest BCUT2D eigenvalue weighted by Gasteiger charge is -2.13. The molecule has 1 heterocycles. The molecule has 0 aliphatic rings. The number of pyridine rings is 1. The molecule has 104 valence electrons. The summed E-state index contributed by atoms with van der Waals surface area (Å²) in [6, 6.07) is 7.64. The first-order valence-electron chi connectivity index (χ1n) is 6.00. The van der Waals surface area contributed by atoms with E-state index >= 15 is 0 Å². The number of hydrogen-bond acceptors (Lipinski definition) is 4. The molecule has 0 fully saturated rings. The molecule has 0 spiro atoms. The number of aromatic hydroxyl groups is 1. The molecule has 5 nitrogen and oxygen atoms in total. The Bertz CT molecular complexity index is 602. The van der Waals surface area contributed by atoms with Crippen LogP contribution in [0.2, 0.25) is 0 Å². The minimum atomic E-state index is -0.667. The monoisotopic (exact) mass is 335 g/mol. The van der Waals surface area contributed by atoms with Gasteiger partial charge in [-0.1, -0.05) is 12.1 Å². The molecular formula is C14H14BrN3O2. The Balaban J connectivity index is 1.99. The lowest BCUT2D eigenvalue weighted by molar-refractivity contribution is -0.117. The minimum Gasteiger partial charge on any atom is -0.508 e. The molecule has 0 aliphatic heterocycles. The van der Waals surface area contributed by atoms with E-state index in [0.717, 1.165) is 5.56 Å². The largest absolute Gasteiger partial charge is 0.508 e. The van der Waals surface area contributed by atoms with Crippen LogP contribution >= 0.6 is 15.9 Å². The number of amides is 1. The van der Waals surface area contributed by atoms with Crippen LogP contribution in [0.15, 0.2) is 47.2 Å². The van der Waals surface area contributed by atoms with Crippen molar-refractivity contribution in [1.29, 1.82) is 0 Å². The van der Waals surface area contributed by atoms with E-state index in [9.17, 15) is 9.90 Å². The molecule has 1 amide bonds. The van der Waals surface area contributed by atoms with Crippen LogP contribution in [0.25, 0.3) is 0 Å². The molecular weight excluding hydrogens is 322 g/mol. The summed E-state index contributed by atoms with van der Waals surface area (Å²) in [5.41, 5.74) is 7.40. The summed E-state index contributed by atoms with van der Waals surface area (Å²) in [5.74, 6) is -0.0857. The van der Waals surface area contributed by atoms with Crippen LogP contribution in [0.4, 0.5) is 5.69 Å². The SMILES string of the molecule is N[C@H](Cc1ccc(O)cc1)C(=O)Nc1ccncc1Br. The van der Waals surface area contributed by atoms with E-state index in [2.05, 4.69) is 26.2 Å². The number of nitrogens with zero attached hydrogens (tertiary/aromatic N) is 1. The van der Waals surface area contributed by atoms with Crippen LogP contribution in [0, 0.1) is 0 Å². The number of aromatic nitrogens is 1. The van der Waals surface area contributed by atoms with E-state index < -0.39 is 6.04 Å². The summed E-state index contributed by atoms with van der Waals surface area (Å²) in [4.78, 5) is 15.9. The maximum Gasteiger partial charge on any atom is 0.241 e. The predicted molar refractivity (Wildman–Crippen MR) is 80.4 cm³/mol. The molecule has 1 aromatic heterocycles. The molecule has 4 N–H and O–H groups in total. The third-order valence-electron chi connectivity index (χ3n) is 2.76. The third-order valence-corrected chi connectivity index (χ3v) is 3.39. The minimum absolute atomic E-state index is 0.187. The second-order valence-corrected chi connectivity index (χ2v) is 5.18. The zero-order valence-corrected chi connectivity index (χ0v) is 12.2. The van der Waals surface area contributed by atoms with Crippen LogP contribution in [0.3, 0.4) is 0 Å². The first-order chi connectivity index (χ1) is 9.56. The van der Waals surface area contributed by atoms with Gasteiger partial charge in [-0.15, -0.1) is 0 Å².